The first kappa shape index (κ1) is 16.8. The second-order valence-corrected chi connectivity index (χ2v) is 7.07. The third-order valence-electron chi connectivity index (χ3n) is 4.36. The maximum atomic E-state index is 6.12. The highest BCUT2D eigenvalue weighted by molar-refractivity contribution is 6.30. The van der Waals surface area contributed by atoms with Gasteiger partial charge in [-0.3, -0.25) is 0 Å². The monoisotopic (exact) mass is 308 g/mol. The van der Waals surface area contributed by atoms with E-state index in [1.165, 1.54) is 37.9 Å². The van der Waals surface area contributed by atoms with Gasteiger partial charge in [-0.2, -0.15) is 0 Å². The van der Waals surface area contributed by atoms with Crippen LogP contribution in [0, 0.1) is 5.92 Å². The third kappa shape index (κ3) is 5.61. The Hall–Kier alpha value is -0.570. The van der Waals surface area contributed by atoms with Gasteiger partial charge in [0.25, 0.3) is 0 Å². The minimum Gasteiger partial charge on any atom is -0.313 e. The van der Waals surface area contributed by atoms with Crippen molar-refractivity contribution in [1.82, 2.24) is 10.2 Å². The van der Waals surface area contributed by atoms with Crippen molar-refractivity contribution in [2.24, 2.45) is 5.92 Å². The van der Waals surface area contributed by atoms with Gasteiger partial charge >= 0.3 is 0 Å². The molecule has 0 radical (unpaired) electrons. The molecule has 1 aromatic rings. The Labute approximate surface area is 134 Å². The molecule has 1 aliphatic carbocycles. The minimum atomic E-state index is 0.393. The molecule has 0 amide bonds. The molecule has 0 heterocycles. The van der Waals surface area contributed by atoms with Crippen molar-refractivity contribution in [3.05, 3.63) is 34.9 Å². The molecule has 1 atom stereocenters. The summed E-state index contributed by atoms with van der Waals surface area (Å²) in [7, 11) is 2.04. The summed E-state index contributed by atoms with van der Waals surface area (Å²) in [5.74, 6) is 0.791. The van der Waals surface area contributed by atoms with Crippen LogP contribution in [0.5, 0.6) is 0 Å². The van der Waals surface area contributed by atoms with Gasteiger partial charge in [-0.1, -0.05) is 37.6 Å². The standard InChI is InChI=1S/C18H29ClN2/c1-14(2)9-11-21(17-7-8-17)12-10-18(20-3)15-5-4-6-16(19)13-15/h4-6,13-14,17-18,20H,7-12H2,1-3H3. The molecule has 1 aliphatic rings. The fourth-order valence-electron chi connectivity index (χ4n) is 2.84. The number of hydrogen-bond acceptors (Lipinski definition) is 2. The van der Waals surface area contributed by atoms with Gasteiger partial charge in [0.2, 0.25) is 0 Å². The SMILES string of the molecule is CNC(CCN(CCC(C)C)C1CC1)c1cccc(Cl)c1. The zero-order chi connectivity index (χ0) is 15.2. The molecule has 1 N–H and O–H groups in total. The predicted molar refractivity (Wildman–Crippen MR) is 91.9 cm³/mol. The number of nitrogens with zero attached hydrogens (tertiary/aromatic N) is 1. The molecule has 1 aromatic carbocycles. The van der Waals surface area contributed by atoms with Gasteiger partial charge in [-0.25, -0.2) is 0 Å². The van der Waals surface area contributed by atoms with Gasteiger partial charge in [-0.05, 0) is 62.9 Å². The molecule has 21 heavy (non-hydrogen) atoms. The molecular weight excluding hydrogens is 280 g/mol. The van der Waals surface area contributed by atoms with Gasteiger partial charge in [0.15, 0.2) is 0 Å². The molecule has 0 aromatic heterocycles. The number of nitrogens with one attached hydrogen (secondary N) is 1. The average Bonchev–Trinajstić information content (AvgIpc) is 3.27. The predicted octanol–water partition coefficient (Wildman–Crippen LogP) is 4.50. The summed E-state index contributed by atoms with van der Waals surface area (Å²) < 4.78 is 0. The van der Waals surface area contributed by atoms with Crippen molar-refractivity contribution in [3.8, 4) is 0 Å². The highest BCUT2D eigenvalue weighted by Crippen LogP contribution is 2.29. The largest absolute Gasteiger partial charge is 0.313 e. The van der Waals surface area contributed by atoms with Crippen molar-refractivity contribution >= 4 is 11.6 Å². The van der Waals surface area contributed by atoms with Crippen molar-refractivity contribution in [1.29, 1.82) is 0 Å². The molecule has 1 unspecified atom stereocenters. The molecule has 1 fully saturated rings. The van der Waals surface area contributed by atoms with E-state index >= 15 is 0 Å². The molecule has 118 valence electrons. The summed E-state index contributed by atoms with van der Waals surface area (Å²) in [5.41, 5.74) is 1.30. The maximum absolute atomic E-state index is 6.12. The van der Waals surface area contributed by atoms with Gasteiger partial charge in [0.05, 0.1) is 0 Å². The Morgan fingerprint density at radius 2 is 1.95 bits per heavy atom. The smallest absolute Gasteiger partial charge is 0.0409 e. The van der Waals surface area contributed by atoms with Crippen LogP contribution in [0.3, 0.4) is 0 Å². The molecule has 0 spiro atoms. The van der Waals surface area contributed by atoms with Crippen LogP contribution in [0.1, 0.15) is 51.1 Å². The van der Waals surface area contributed by atoms with E-state index in [1.54, 1.807) is 0 Å². The summed E-state index contributed by atoms with van der Waals surface area (Å²) in [6.45, 7) is 7.05. The van der Waals surface area contributed by atoms with E-state index in [0.717, 1.165) is 23.4 Å². The number of rotatable bonds is 9. The lowest BCUT2D eigenvalue weighted by molar-refractivity contribution is 0.235. The van der Waals surface area contributed by atoms with Crippen LogP contribution in [0.15, 0.2) is 24.3 Å². The Morgan fingerprint density at radius 1 is 1.24 bits per heavy atom. The van der Waals surface area contributed by atoms with Crippen molar-refractivity contribution in [3.63, 3.8) is 0 Å². The molecule has 2 rings (SSSR count). The lowest BCUT2D eigenvalue weighted by Crippen LogP contribution is -2.31. The van der Waals surface area contributed by atoms with Crippen molar-refractivity contribution < 1.29 is 0 Å². The van der Waals surface area contributed by atoms with Crippen LogP contribution in [0.4, 0.5) is 0 Å². The lowest BCUT2D eigenvalue weighted by atomic mass is 10.0. The fourth-order valence-corrected chi connectivity index (χ4v) is 3.04. The van der Waals surface area contributed by atoms with Crippen molar-refractivity contribution in [2.45, 2.75) is 51.6 Å². The van der Waals surface area contributed by atoms with Crippen LogP contribution < -0.4 is 5.32 Å². The second kappa shape index (κ2) is 8.17. The molecule has 1 saturated carbocycles. The summed E-state index contributed by atoms with van der Waals surface area (Å²) in [6, 6.07) is 9.47. The summed E-state index contributed by atoms with van der Waals surface area (Å²) in [4.78, 5) is 2.69. The van der Waals surface area contributed by atoms with Gasteiger partial charge in [0, 0.05) is 23.7 Å². The van der Waals surface area contributed by atoms with E-state index in [2.05, 4.69) is 36.2 Å². The fraction of sp³-hybridized carbons (Fsp3) is 0.667. The molecular formula is C18H29ClN2. The summed E-state index contributed by atoms with van der Waals surface area (Å²) in [6.07, 6.45) is 5.22. The molecule has 0 bridgehead atoms. The van der Waals surface area contributed by atoms with Crippen molar-refractivity contribution in [2.75, 3.05) is 20.1 Å². The topological polar surface area (TPSA) is 15.3 Å². The van der Waals surface area contributed by atoms with E-state index in [9.17, 15) is 0 Å². The van der Waals surface area contributed by atoms with Crippen LogP contribution >= 0.6 is 11.6 Å². The zero-order valence-corrected chi connectivity index (χ0v) is 14.4. The van der Waals surface area contributed by atoms with Crippen LogP contribution in [0.25, 0.3) is 0 Å². The van der Waals surface area contributed by atoms with E-state index < -0.39 is 0 Å². The summed E-state index contributed by atoms with van der Waals surface area (Å²) in [5, 5.41) is 4.27. The molecule has 0 aliphatic heterocycles. The number of hydrogen-bond donors (Lipinski definition) is 1. The minimum absolute atomic E-state index is 0.393. The highest BCUT2D eigenvalue weighted by Gasteiger charge is 2.28. The van der Waals surface area contributed by atoms with Gasteiger partial charge in [0.1, 0.15) is 0 Å². The molecule has 2 nitrogen and oxygen atoms in total. The third-order valence-corrected chi connectivity index (χ3v) is 4.60. The average molecular weight is 309 g/mol. The highest BCUT2D eigenvalue weighted by atomic mass is 35.5. The lowest BCUT2D eigenvalue weighted by Gasteiger charge is -2.26. The van der Waals surface area contributed by atoms with E-state index in [0.29, 0.717) is 6.04 Å². The first-order valence-electron chi connectivity index (χ1n) is 8.27. The van der Waals surface area contributed by atoms with Crippen LogP contribution in [-0.4, -0.2) is 31.1 Å². The van der Waals surface area contributed by atoms with Gasteiger partial charge in [-0.15, -0.1) is 0 Å². The van der Waals surface area contributed by atoms with E-state index in [1.807, 2.05) is 19.2 Å². The van der Waals surface area contributed by atoms with E-state index in [4.69, 9.17) is 11.6 Å². The van der Waals surface area contributed by atoms with Crippen LogP contribution in [0.2, 0.25) is 5.02 Å². The first-order valence-corrected chi connectivity index (χ1v) is 8.64. The zero-order valence-electron chi connectivity index (χ0n) is 13.6. The Morgan fingerprint density at radius 3 is 2.52 bits per heavy atom. The Kier molecular flexibility index (Phi) is 6.53. The van der Waals surface area contributed by atoms with E-state index in [-0.39, 0.29) is 0 Å². The summed E-state index contributed by atoms with van der Waals surface area (Å²) >= 11 is 6.12. The Balaban J connectivity index is 1.88. The van der Waals surface area contributed by atoms with Crippen LogP contribution in [-0.2, 0) is 0 Å². The first-order chi connectivity index (χ1) is 10.1. The number of benzene rings is 1. The number of halogens is 1. The second-order valence-electron chi connectivity index (χ2n) is 6.63. The maximum Gasteiger partial charge on any atom is 0.0409 e. The normalized spacial score (nSPS) is 16.7. The Bertz CT molecular complexity index is 429. The van der Waals surface area contributed by atoms with Gasteiger partial charge < -0.3 is 10.2 Å². The quantitative estimate of drug-likeness (QED) is 0.722. The molecule has 0 saturated heterocycles. The molecule has 3 heteroatoms.